The summed E-state index contributed by atoms with van der Waals surface area (Å²) < 4.78 is 5.81. The van der Waals surface area contributed by atoms with E-state index in [1.54, 1.807) is 6.08 Å². The molecule has 0 unspecified atom stereocenters. The minimum atomic E-state index is 0.0618. The first-order chi connectivity index (χ1) is 14.2. The second kappa shape index (κ2) is 8.29. The molecule has 0 bridgehead atoms. The van der Waals surface area contributed by atoms with E-state index in [0.29, 0.717) is 17.6 Å². The van der Waals surface area contributed by atoms with Gasteiger partial charge in [-0.15, -0.1) is 0 Å². The summed E-state index contributed by atoms with van der Waals surface area (Å²) in [6, 6.07) is 8.14. The molecule has 1 saturated heterocycles. The van der Waals surface area contributed by atoms with E-state index >= 15 is 0 Å². The van der Waals surface area contributed by atoms with Crippen molar-refractivity contribution < 1.29 is 4.74 Å². The van der Waals surface area contributed by atoms with Gasteiger partial charge in [-0.05, 0) is 81.1 Å². The van der Waals surface area contributed by atoms with Crippen molar-refractivity contribution >= 4 is 11.5 Å². The van der Waals surface area contributed by atoms with Gasteiger partial charge in [-0.25, -0.2) is 0 Å². The summed E-state index contributed by atoms with van der Waals surface area (Å²) in [5.41, 5.74) is 18.8. The minimum Gasteiger partial charge on any atom is -0.448 e. The molecular weight excluding hydrogens is 362 g/mol. The van der Waals surface area contributed by atoms with Crippen LogP contribution in [0.1, 0.15) is 25.3 Å². The van der Waals surface area contributed by atoms with Gasteiger partial charge in [0.25, 0.3) is 0 Å². The fourth-order valence-electron chi connectivity index (χ4n) is 3.82. The van der Waals surface area contributed by atoms with Crippen molar-refractivity contribution in [3.8, 4) is 5.75 Å². The summed E-state index contributed by atoms with van der Waals surface area (Å²) in [6.45, 7) is 3.97. The quantitative estimate of drug-likeness (QED) is 0.355. The highest BCUT2D eigenvalue weighted by molar-refractivity contribution is 6.06. The molecule has 1 aromatic rings. The van der Waals surface area contributed by atoms with E-state index in [-0.39, 0.29) is 5.84 Å². The lowest BCUT2D eigenvalue weighted by atomic mass is 10.0. The maximum absolute atomic E-state index is 8.17. The van der Waals surface area contributed by atoms with Crippen molar-refractivity contribution in [1.82, 2.24) is 15.8 Å². The van der Waals surface area contributed by atoms with Crippen molar-refractivity contribution in [2.75, 3.05) is 13.1 Å². The number of hydrazine groups is 1. The highest BCUT2D eigenvalue weighted by atomic mass is 16.5. The number of nitrogens with one attached hydrogen (secondary N) is 3. The number of hydrogen-bond acceptors (Lipinski definition) is 5. The lowest BCUT2D eigenvalue weighted by Gasteiger charge is -2.34. The number of nitrogens with two attached hydrogens (primary N) is 1. The van der Waals surface area contributed by atoms with Crippen LogP contribution in [0.3, 0.4) is 0 Å². The summed E-state index contributed by atoms with van der Waals surface area (Å²) >= 11 is 0. The largest absolute Gasteiger partial charge is 0.448 e. The Bertz CT molecular complexity index is 996. The number of rotatable bonds is 5. The van der Waals surface area contributed by atoms with Crippen LogP contribution in [-0.4, -0.2) is 30.0 Å². The summed E-state index contributed by atoms with van der Waals surface area (Å²) in [5, 5.41) is 13.7. The van der Waals surface area contributed by atoms with Gasteiger partial charge < -0.3 is 15.8 Å². The van der Waals surface area contributed by atoms with Gasteiger partial charge in [0.05, 0.1) is 23.0 Å². The average molecular weight is 387 g/mol. The molecule has 1 aliphatic carbocycles. The lowest BCUT2D eigenvalue weighted by molar-refractivity contribution is 0.187. The molecule has 0 saturated carbocycles. The van der Waals surface area contributed by atoms with Crippen molar-refractivity contribution in [3.05, 3.63) is 82.6 Å². The van der Waals surface area contributed by atoms with Crippen molar-refractivity contribution in [2.24, 2.45) is 5.73 Å². The molecule has 2 heterocycles. The van der Waals surface area contributed by atoms with Crippen LogP contribution in [0.2, 0.25) is 0 Å². The maximum atomic E-state index is 8.17. The van der Waals surface area contributed by atoms with Gasteiger partial charge in [0, 0.05) is 5.56 Å². The van der Waals surface area contributed by atoms with E-state index in [4.69, 9.17) is 15.9 Å². The van der Waals surface area contributed by atoms with Crippen molar-refractivity contribution in [3.63, 3.8) is 0 Å². The molecule has 6 nitrogen and oxygen atoms in total. The molecule has 0 radical (unpaired) electrons. The lowest BCUT2D eigenvalue weighted by Crippen LogP contribution is -2.46. The second-order valence-corrected chi connectivity index (χ2v) is 7.09. The molecule has 2 aliphatic heterocycles. The topological polar surface area (TPSA) is 86.4 Å². The molecule has 0 aromatic heterocycles. The molecule has 0 atom stereocenters. The Morgan fingerprint density at radius 2 is 2.03 bits per heavy atom. The number of benzene rings is 1. The number of ether oxygens (including phenoxy) is 1. The number of amidine groups is 1. The number of hydrogen-bond donors (Lipinski definition) is 4. The third kappa shape index (κ3) is 3.91. The number of allylic oxidation sites excluding steroid dienone is 4. The Hall–Kier alpha value is -3.43. The van der Waals surface area contributed by atoms with Crippen LogP contribution in [0.25, 0.3) is 5.70 Å². The fourth-order valence-corrected chi connectivity index (χ4v) is 3.82. The van der Waals surface area contributed by atoms with Crippen molar-refractivity contribution in [2.45, 2.75) is 25.8 Å². The van der Waals surface area contributed by atoms with Gasteiger partial charge in [0.15, 0.2) is 5.76 Å². The summed E-state index contributed by atoms with van der Waals surface area (Å²) in [5.74, 6) is 1.40. The van der Waals surface area contributed by atoms with E-state index in [1.807, 2.05) is 49.4 Å². The first kappa shape index (κ1) is 18.9. The molecule has 1 fully saturated rings. The van der Waals surface area contributed by atoms with Crippen LogP contribution in [0.5, 0.6) is 5.75 Å². The molecule has 3 aliphatic rings. The van der Waals surface area contributed by atoms with Gasteiger partial charge in [0.2, 0.25) is 0 Å². The zero-order chi connectivity index (χ0) is 20.2. The fraction of sp³-hybridized carbons (Fsp3) is 0.261. The molecule has 29 heavy (non-hydrogen) atoms. The highest BCUT2D eigenvalue weighted by Gasteiger charge is 2.33. The van der Waals surface area contributed by atoms with E-state index in [9.17, 15) is 0 Å². The van der Waals surface area contributed by atoms with Crippen LogP contribution >= 0.6 is 0 Å². The van der Waals surface area contributed by atoms with Crippen LogP contribution in [0.15, 0.2) is 77.1 Å². The first-order valence-corrected chi connectivity index (χ1v) is 9.86. The summed E-state index contributed by atoms with van der Waals surface area (Å²) in [6.07, 6.45) is 9.60. The van der Waals surface area contributed by atoms with Crippen LogP contribution in [-0.2, 0) is 0 Å². The predicted octanol–water partition coefficient (Wildman–Crippen LogP) is 2.95. The Labute approximate surface area is 170 Å². The molecule has 6 heteroatoms. The monoisotopic (exact) mass is 387 g/mol. The zero-order valence-electron chi connectivity index (χ0n) is 16.5. The van der Waals surface area contributed by atoms with Crippen LogP contribution in [0.4, 0.5) is 0 Å². The third-order valence-corrected chi connectivity index (χ3v) is 5.21. The number of piperidine rings is 1. The summed E-state index contributed by atoms with van der Waals surface area (Å²) in [7, 11) is 0. The Balaban J connectivity index is 1.62. The Morgan fingerprint density at radius 1 is 1.28 bits per heavy atom. The van der Waals surface area contributed by atoms with Crippen molar-refractivity contribution in [1.29, 1.82) is 5.41 Å². The van der Waals surface area contributed by atoms with Gasteiger partial charge >= 0.3 is 0 Å². The molecule has 4 rings (SSSR count). The van der Waals surface area contributed by atoms with E-state index in [1.165, 1.54) is 0 Å². The van der Waals surface area contributed by atoms with Gasteiger partial charge in [-0.1, -0.05) is 11.8 Å². The molecular formula is C23H25N5O. The van der Waals surface area contributed by atoms with Crippen LogP contribution in [0, 0.1) is 5.41 Å². The van der Waals surface area contributed by atoms with E-state index < -0.39 is 0 Å². The van der Waals surface area contributed by atoms with Gasteiger partial charge in [-0.2, -0.15) is 0 Å². The molecule has 148 valence electrons. The SMILES string of the molecule is C/C=C1\C(C(=N)N)=C(c2ccc(OC3=C=C=CC=C3)cc2)NN1C1CCNCC1. The second-order valence-electron chi connectivity index (χ2n) is 7.09. The summed E-state index contributed by atoms with van der Waals surface area (Å²) in [4.78, 5) is 0. The highest BCUT2D eigenvalue weighted by Crippen LogP contribution is 2.34. The van der Waals surface area contributed by atoms with E-state index in [2.05, 4.69) is 27.2 Å². The first-order valence-electron chi connectivity index (χ1n) is 9.86. The Morgan fingerprint density at radius 3 is 2.66 bits per heavy atom. The molecule has 5 N–H and O–H groups in total. The predicted molar refractivity (Wildman–Crippen MR) is 115 cm³/mol. The Kier molecular flexibility index (Phi) is 5.41. The molecule has 0 spiro atoms. The maximum Gasteiger partial charge on any atom is 0.177 e. The smallest absolute Gasteiger partial charge is 0.177 e. The third-order valence-electron chi connectivity index (χ3n) is 5.21. The standard InChI is InChI=1S/C23H25N5O/c1-2-20-21(23(24)25)22(27-28(20)17-12-14-26-15-13-17)16-8-10-19(11-9-16)29-18-6-4-3-5-7-18/h2-4,6,8-11,17,26-27H,12-15H2,1H3,(H3,24,25)/b20-2+. The zero-order valence-corrected chi connectivity index (χ0v) is 16.5. The number of nitrogens with zero attached hydrogens (tertiary/aromatic N) is 1. The van der Waals surface area contributed by atoms with E-state index in [0.717, 1.165) is 48.5 Å². The van der Waals surface area contributed by atoms with Crippen LogP contribution < -0.4 is 21.2 Å². The minimum absolute atomic E-state index is 0.0618. The normalized spacial score (nSPS) is 20.2. The molecule has 1 aromatic carbocycles. The van der Waals surface area contributed by atoms with Gasteiger partial charge in [0.1, 0.15) is 11.6 Å². The van der Waals surface area contributed by atoms with Gasteiger partial charge in [-0.3, -0.25) is 15.8 Å². The average Bonchev–Trinajstić information content (AvgIpc) is 3.16. The molecule has 0 amide bonds.